The van der Waals surface area contributed by atoms with Crippen molar-refractivity contribution in [1.29, 1.82) is 0 Å². The first kappa shape index (κ1) is 24.3. The molecule has 35 heavy (non-hydrogen) atoms. The minimum absolute atomic E-state index is 0.0775. The Balaban J connectivity index is 1.18. The summed E-state index contributed by atoms with van der Waals surface area (Å²) in [5.74, 6) is 1.39. The van der Waals surface area contributed by atoms with Crippen LogP contribution in [0.4, 0.5) is 11.4 Å². The molecule has 3 aromatic carbocycles. The van der Waals surface area contributed by atoms with Crippen LogP contribution in [0.15, 0.2) is 78.9 Å². The molecule has 6 heteroatoms. The molecule has 2 N–H and O–H groups in total. The maximum atomic E-state index is 12.7. The number of rotatable bonds is 9. The van der Waals surface area contributed by atoms with Gasteiger partial charge in [0.1, 0.15) is 5.75 Å². The number of ether oxygens (including phenoxy) is 1. The van der Waals surface area contributed by atoms with E-state index in [0.29, 0.717) is 23.8 Å². The Hall–Kier alpha value is -3.80. The number of benzene rings is 3. The van der Waals surface area contributed by atoms with E-state index in [-0.39, 0.29) is 18.4 Å². The Morgan fingerprint density at radius 1 is 0.886 bits per heavy atom. The summed E-state index contributed by atoms with van der Waals surface area (Å²) < 4.78 is 5.79. The summed E-state index contributed by atoms with van der Waals surface area (Å²) in [7, 11) is 0. The number of piperidine rings is 1. The number of nitrogens with zero attached hydrogens (tertiary/aromatic N) is 1. The number of nitrogens with one attached hydrogen (secondary N) is 2. The molecule has 182 valence electrons. The third kappa shape index (κ3) is 7.34. The lowest BCUT2D eigenvalue weighted by molar-refractivity contribution is -0.114. The first-order valence-corrected chi connectivity index (χ1v) is 12.3. The van der Waals surface area contributed by atoms with Gasteiger partial charge in [-0.05, 0) is 72.9 Å². The highest BCUT2D eigenvalue weighted by molar-refractivity contribution is 5.95. The van der Waals surface area contributed by atoms with Crippen LogP contribution in [-0.2, 0) is 11.2 Å². The standard InChI is InChI=1S/C29H33N3O3/c1-22-15-18-32(19-16-22)29(34)24-7-9-25(10-8-24)30-21-28(33)31-26-11-13-27(14-12-26)35-20-17-23-5-3-2-4-6-23/h2-14,22,30H,15-21H2,1H3,(H,31,33). The number of carbonyl (C=O) groups is 2. The van der Waals surface area contributed by atoms with Crippen molar-refractivity contribution in [1.82, 2.24) is 4.90 Å². The third-order valence-corrected chi connectivity index (χ3v) is 6.30. The van der Waals surface area contributed by atoms with E-state index in [1.807, 2.05) is 71.6 Å². The van der Waals surface area contributed by atoms with Crippen molar-refractivity contribution in [3.05, 3.63) is 90.0 Å². The fourth-order valence-electron chi connectivity index (χ4n) is 4.08. The number of hydrogen-bond donors (Lipinski definition) is 2. The number of likely N-dealkylation sites (tertiary alicyclic amines) is 1. The molecular formula is C29H33N3O3. The average Bonchev–Trinajstić information content (AvgIpc) is 2.89. The number of amides is 2. The largest absolute Gasteiger partial charge is 0.493 e. The van der Waals surface area contributed by atoms with Gasteiger partial charge in [0.05, 0.1) is 13.2 Å². The molecule has 6 nitrogen and oxygen atoms in total. The van der Waals surface area contributed by atoms with Gasteiger partial charge in [-0.25, -0.2) is 0 Å². The first-order chi connectivity index (χ1) is 17.1. The Bertz CT molecular complexity index is 1090. The smallest absolute Gasteiger partial charge is 0.253 e. The van der Waals surface area contributed by atoms with Gasteiger partial charge in [0.25, 0.3) is 5.91 Å². The van der Waals surface area contributed by atoms with Crippen LogP contribution in [0.2, 0.25) is 0 Å². The highest BCUT2D eigenvalue weighted by atomic mass is 16.5. The van der Waals surface area contributed by atoms with Gasteiger partial charge in [-0.3, -0.25) is 9.59 Å². The number of anilines is 2. The highest BCUT2D eigenvalue weighted by Crippen LogP contribution is 2.19. The van der Waals surface area contributed by atoms with Crippen LogP contribution in [0, 0.1) is 5.92 Å². The Kier molecular flexibility index (Phi) is 8.39. The van der Waals surface area contributed by atoms with Crippen LogP contribution < -0.4 is 15.4 Å². The van der Waals surface area contributed by atoms with Gasteiger partial charge >= 0.3 is 0 Å². The van der Waals surface area contributed by atoms with Crippen LogP contribution >= 0.6 is 0 Å². The second kappa shape index (κ2) is 12.1. The van der Waals surface area contributed by atoms with Gasteiger partial charge in [0, 0.05) is 36.4 Å². The van der Waals surface area contributed by atoms with Crippen molar-refractivity contribution >= 4 is 23.2 Å². The van der Waals surface area contributed by atoms with Crippen molar-refractivity contribution in [3.63, 3.8) is 0 Å². The monoisotopic (exact) mass is 471 g/mol. The van der Waals surface area contributed by atoms with Gasteiger partial charge in [-0.1, -0.05) is 37.3 Å². The Labute approximate surface area is 207 Å². The third-order valence-electron chi connectivity index (χ3n) is 6.30. The summed E-state index contributed by atoms with van der Waals surface area (Å²) >= 11 is 0. The zero-order valence-electron chi connectivity index (χ0n) is 20.2. The number of hydrogen-bond acceptors (Lipinski definition) is 4. The normalized spacial score (nSPS) is 13.8. The summed E-state index contributed by atoms with van der Waals surface area (Å²) in [5.41, 5.74) is 3.43. The number of carbonyl (C=O) groups excluding carboxylic acids is 2. The van der Waals surface area contributed by atoms with Crippen molar-refractivity contribution in [2.45, 2.75) is 26.2 Å². The molecule has 0 aliphatic carbocycles. The Morgan fingerprint density at radius 2 is 1.54 bits per heavy atom. The van der Waals surface area contributed by atoms with Crippen LogP contribution in [0.25, 0.3) is 0 Å². The van der Waals surface area contributed by atoms with Crippen molar-refractivity contribution < 1.29 is 14.3 Å². The van der Waals surface area contributed by atoms with Crippen LogP contribution in [0.3, 0.4) is 0 Å². The Morgan fingerprint density at radius 3 is 2.23 bits per heavy atom. The summed E-state index contributed by atoms with van der Waals surface area (Å²) in [6.07, 6.45) is 2.96. The van der Waals surface area contributed by atoms with E-state index < -0.39 is 0 Å². The topological polar surface area (TPSA) is 70.7 Å². The molecule has 1 fully saturated rings. The van der Waals surface area contributed by atoms with E-state index in [2.05, 4.69) is 29.7 Å². The minimum atomic E-state index is -0.148. The molecule has 0 spiro atoms. The molecule has 3 aromatic rings. The van der Waals surface area contributed by atoms with Crippen LogP contribution in [0.5, 0.6) is 5.75 Å². The van der Waals surface area contributed by atoms with Crippen LogP contribution in [0.1, 0.15) is 35.7 Å². The molecule has 1 aliphatic rings. The van der Waals surface area contributed by atoms with Gasteiger partial charge in [-0.2, -0.15) is 0 Å². The van der Waals surface area contributed by atoms with Crippen LogP contribution in [-0.4, -0.2) is 43.0 Å². The average molecular weight is 472 g/mol. The van der Waals surface area contributed by atoms with Crippen molar-refractivity contribution in [2.75, 3.05) is 36.9 Å². The van der Waals surface area contributed by atoms with Gasteiger partial charge in [0.15, 0.2) is 0 Å². The SMILES string of the molecule is CC1CCN(C(=O)c2ccc(NCC(=O)Nc3ccc(OCCc4ccccc4)cc3)cc2)CC1. The second-order valence-electron chi connectivity index (χ2n) is 9.06. The zero-order chi connectivity index (χ0) is 24.5. The lowest BCUT2D eigenvalue weighted by Gasteiger charge is -2.30. The molecule has 0 bridgehead atoms. The van der Waals surface area contributed by atoms with E-state index in [1.54, 1.807) is 0 Å². The van der Waals surface area contributed by atoms with Crippen molar-refractivity contribution in [3.8, 4) is 5.75 Å². The van der Waals surface area contributed by atoms with E-state index in [9.17, 15) is 9.59 Å². The van der Waals surface area contributed by atoms with Gasteiger partial charge < -0.3 is 20.3 Å². The maximum absolute atomic E-state index is 12.7. The van der Waals surface area contributed by atoms with Gasteiger partial charge in [0.2, 0.25) is 5.91 Å². The fourth-order valence-corrected chi connectivity index (χ4v) is 4.08. The molecule has 1 saturated heterocycles. The second-order valence-corrected chi connectivity index (χ2v) is 9.06. The summed E-state index contributed by atoms with van der Waals surface area (Å²) in [6, 6.07) is 24.9. The quantitative estimate of drug-likeness (QED) is 0.448. The van der Waals surface area contributed by atoms with E-state index in [0.717, 1.165) is 43.8 Å². The molecule has 0 saturated carbocycles. The lowest BCUT2D eigenvalue weighted by atomic mass is 9.98. The molecular weight excluding hydrogens is 438 g/mol. The summed E-state index contributed by atoms with van der Waals surface area (Å²) in [6.45, 7) is 4.60. The molecule has 2 amide bonds. The predicted molar refractivity (Wildman–Crippen MR) is 140 cm³/mol. The highest BCUT2D eigenvalue weighted by Gasteiger charge is 2.21. The molecule has 0 aromatic heterocycles. The van der Waals surface area contributed by atoms with Crippen molar-refractivity contribution in [2.24, 2.45) is 5.92 Å². The minimum Gasteiger partial charge on any atom is -0.493 e. The molecule has 0 atom stereocenters. The predicted octanol–water partition coefficient (Wildman–Crippen LogP) is 5.23. The lowest BCUT2D eigenvalue weighted by Crippen LogP contribution is -2.37. The molecule has 1 heterocycles. The molecule has 1 aliphatic heterocycles. The summed E-state index contributed by atoms with van der Waals surface area (Å²) in [5, 5.41) is 5.99. The first-order valence-electron chi connectivity index (χ1n) is 12.3. The fraction of sp³-hybridized carbons (Fsp3) is 0.310. The molecule has 4 rings (SSSR count). The van der Waals surface area contributed by atoms with Gasteiger partial charge in [-0.15, -0.1) is 0 Å². The van der Waals surface area contributed by atoms with E-state index in [1.165, 1.54) is 5.56 Å². The summed E-state index contributed by atoms with van der Waals surface area (Å²) in [4.78, 5) is 26.9. The van der Waals surface area contributed by atoms with E-state index >= 15 is 0 Å². The maximum Gasteiger partial charge on any atom is 0.253 e. The molecule has 0 radical (unpaired) electrons. The molecule has 0 unspecified atom stereocenters. The van der Waals surface area contributed by atoms with E-state index in [4.69, 9.17) is 4.74 Å². The zero-order valence-corrected chi connectivity index (χ0v) is 20.2.